The fourth-order valence-electron chi connectivity index (χ4n) is 2.70. The predicted molar refractivity (Wildman–Crippen MR) is 80.4 cm³/mol. The van der Waals surface area contributed by atoms with Crippen LogP contribution in [-0.2, 0) is 10.0 Å². The van der Waals surface area contributed by atoms with Crippen LogP contribution in [0.4, 0.5) is 0 Å². The molecule has 1 aliphatic rings. The maximum Gasteiger partial charge on any atom is 0.244 e. The molecule has 0 bridgehead atoms. The van der Waals surface area contributed by atoms with E-state index in [0.717, 1.165) is 19.3 Å². The van der Waals surface area contributed by atoms with Gasteiger partial charge in [0.05, 0.1) is 17.0 Å². The Morgan fingerprint density at radius 2 is 2.05 bits per heavy atom. The summed E-state index contributed by atoms with van der Waals surface area (Å²) < 4.78 is 27.4. The van der Waals surface area contributed by atoms with Crippen molar-refractivity contribution in [1.29, 1.82) is 0 Å². The fourth-order valence-corrected chi connectivity index (χ4v) is 4.58. The zero-order valence-corrected chi connectivity index (χ0v) is 12.5. The summed E-state index contributed by atoms with van der Waals surface area (Å²) in [7, 11) is -3.62. The highest BCUT2D eigenvalue weighted by Crippen LogP contribution is 2.32. The molecule has 0 aliphatic heterocycles. The Bertz CT molecular complexity index is 736. The first-order valence-corrected chi connectivity index (χ1v) is 8.55. The monoisotopic (exact) mass is 306 g/mol. The standard InChI is InChI=1S/C15H18N2O3S/c18-11-10-17(12-4-1-5-12)21(19,20)15-8-2-7-14-13(15)6-3-9-16-14/h2-3,6-9,12,18H,1,4-5,10-11H2. The SMILES string of the molecule is O=S(=O)(c1cccc2ncccc12)N(CCO)C1CCC1. The number of aliphatic hydroxyl groups is 1. The smallest absolute Gasteiger partial charge is 0.244 e. The Morgan fingerprint density at radius 3 is 2.71 bits per heavy atom. The Morgan fingerprint density at radius 1 is 1.24 bits per heavy atom. The zero-order valence-electron chi connectivity index (χ0n) is 11.6. The van der Waals surface area contributed by atoms with Gasteiger partial charge in [-0.25, -0.2) is 8.42 Å². The Hall–Kier alpha value is -1.50. The summed E-state index contributed by atoms with van der Waals surface area (Å²) in [6.07, 6.45) is 4.42. The average Bonchev–Trinajstić information content (AvgIpc) is 2.44. The van der Waals surface area contributed by atoms with E-state index in [2.05, 4.69) is 4.98 Å². The molecule has 6 heteroatoms. The molecule has 0 atom stereocenters. The van der Waals surface area contributed by atoms with E-state index in [9.17, 15) is 13.5 Å². The first-order valence-electron chi connectivity index (χ1n) is 7.11. The van der Waals surface area contributed by atoms with E-state index in [1.807, 2.05) is 0 Å². The van der Waals surface area contributed by atoms with Crippen molar-refractivity contribution in [3.05, 3.63) is 36.5 Å². The average molecular weight is 306 g/mol. The molecule has 21 heavy (non-hydrogen) atoms. The van der Waals surface area contributed by atoms with Crippen molar-refractivity contribution in [3.8, 4) is 0 Å². The van der Waals surface area contributed by atoms with E-state index in [1.165, 1.54) is 4.31 Å². The van der Waals surface area contributed by atoms with Crippen molar-refractivity contribution in [2.75, 3.05) is 13.2 Å². The van der Waals surface area contributed by atoms with Crippen LogP contribution in [0.2, 0.25) is 0 Å². The second-order valence-corrected chi connectivity index (χ2v) is 7.11. The molecule has 1 saturated carbocycles. The van der Waals surface area contributed by atoms with E-state index in [0.29, 0.717) is 10.9 Å². The molecule has 0 radical (unpaired) electrons. The molecular formula is C15H18N2O3S. The summed E-state index contributed by atoms with van der Waals surface area (Å²) in [5.74, 6) is 0. The molecule has 5 nitrogen and oxygen atoms in total. The van der Waals surface area contributed by atoms with Gasteiger partial charge in [0.15, 0.2) is 0 Å². The van der Waals surface area contributed by atoms with Crippen LogP contribution in [0, 0.1) is 0 Å². The van der Waals surface area contributed by atoms with E-state index in [4.69, 9.17) is 0 Å². The number of rotatable bonds is 5. The molecule has 0 unspecified atom stereocenters. The molecule has 112 valence electrons. The third kappa shape index (κ3) is 2.54. The van der Waals surface area contributed by atoms with Crippen LogP contribution >= 0.6 is 0 Å². The first kappa shape index (κ1) is 14.4. The number of hydrogen-bond donors (Lipinski definition) is 1. The molecule has 1 N–H and O–H groups in total. The molecule has 0 spiro atoms. The van der Waals surface area contributed by atoms with E-state index in [1.54, 1.807) is 36.5 Å². The highest BCUT2D eigenvalue weighted by Gasteiger charge is 2.35. The lowest BCUT2D eigenvalue weighted by Gasteiger charge is -2.36. The number of hydrogen-bond acceptors (Lipinski definition) is 4. The lowest BCUT2D eigenvalue weighted by molar-refractivity contribution is 0.178. The fraction of sp³-hybridized carbons (Fsp3) is 0.400. The van der Waals surface area contributed by atoms with Gasteiger partial charge in [-0.05, 0) is 37.1 Å². The molecule has 0 saturated heterocycles. The van der Waals surface area contributed by atoms with Gasteiger partial charge < -0.3 is 5.11 Å². The number of aliphatic hydroxyl groups excluding tert-OH is 1. The van der Waals surface area contributed by atoms with Gasteiger partial charge in [0, 0.05) is 24.2 Å². The second-order valence-electron chi connectivity index (χ2n) is 5.25. The van der Waals surface area contributed by atoms with Gasteiger partial charge in [-0.3, -0.25) is 4.98 Å². The van der Waals surface area contributed by atoms with Gasteiger partial charge in [-0.2, -0.15) is 4.31 Å². The van der Waals surface area contributed by atoms with Crippen LogP contribution in [0.5, 0.6) is 0 Å². The normalized spacial score (nSPS) is 16.3. The summed E-state index contributed by atoms with van der Waals surface area (Å²) in [5.41, 5.74) is 0.663. The van der Waals surface area contributed by atoms with Crippen LogP contribution in [0.15, 0.2) is 41.4 Å². The Balaban J connectivity index is 2.10. The summed E-state index contributed by atoms with van der Waals surface area (Å²) in [6, 6.07) is 8.64. The summed E-state index contributed by atoms with van der Waals surface area (Å²) >= 11 is 0. The third-order valence-electron chi connectivity index (χ3n) is 3.99. The number of pyridine rings is 1. The Kier molecular flexibility index (Phi) is 3.93. The van der Waals surface area contributed by atoms with E-state index < -0.39 is 10.0 Å². The molecular weight excluding hydrogens is 288 g/mol. The lowest BCUT2D eigenvalue weighted by atomic mass is 9.93. The number of benzene rings is 1. The predicted octanol–water partition coefficient (Wildman–Crippen LogP) is 1.77. The van der Waals surface area contributed by atoms with Crippen LogP contribution in [0.25, 0.3) is 10.9 Å². The largest absolute Gasteiger partial charge is 0.395 e. The molecule has 3 rings (SSSR count). The topological polar surface area (TPSA) is 70.5 Å². The van der Waals surface area contributed by atoms with Crippen molar-refractivity contribution in [3.63, 3.8) is 0 Å². The van der Waals surface area contributed by atoms with Crippen LogP contribution in [0.1, 0.15) is 19.3 Å². The van der Waals surface area contributed by atoms with Gasteiger partial charge in [0.1, 0.15) is 0 Å². The summed E-state index contributed by atoms with van der Waals surface area (Å²) in [5, 5.41) is 9.84. The maximum absolute atomic E-state index is 13.0. The minimum Gasteiger partial charge on any atom is -0.395 e. The van der Waals surface area contributed by atoms with Crippen molar-refractivity contribution in [1.82, 2.24) is 9.29 Å². The van der Waals surface area contributed by atoms with E-state index >= 15 is 0 Å². The molecule has 1 aromatic carbocycles. The van der Waals surface area contributed by atoms with Gasteiger partial charge in [0.25, 0.3) is 0 Å². The summed E-state index contributed by atoms with van der Waals surface area (Å²) in [6.45, 7) is -0.0254. The quantitative estimate of drug-likeness (QED) is 0.914. The highest BCUT2D eigenvalue weighted by atomic mass is 32.2. The highest BCUT2D eigenvalue weighted by molar-refractivity contribution is 7.89. The van der Waals surface area contributed by atoms with E-state index in [-0.39, 0.29) is 24.1 Å². The van der Waals surface area contributed by atoms with Crippen molar-refractivity contribution in [2.24, 2.45) is 0 Å². The molecule has 1 aromatic heterocycles. The number of nitrogens with zero attached hydrogens (tertiary/aromatic N) is 2. The van der Waals surface area contributed by atoms with Gasteiger partial charge >= 0.3 is 0 Å². The Labute approximate surface area is 124 Å². The minimum atomic E-state index is -3.62. The number of sulfonamides is 1. The minimum absolute atomic E-state index is 0.00841. The number of fused-ring (bicyclic) bond motifs is 1. The van der Waals surface area contributed by atoms with Gasteiger partial charge in [-0.15, -0.1) is 0 Å². The van der Waals surface area contributed by atoms with Crippen molar-refractivity contribution in [2.45, 2.75) is 30.2 Å². The number of aromatic nitrogens is 1. The molecule has 2 aromatic rings. The molecule has 1 heterocycles. The third-order valence-corrected chi connectivity index (χ3v) is 6.00. The van der Waals surface area contributed by atoms with Gasteiger partial charge in [-0.1, -0.05) is 12.5 Å². The molecule has 1 fully saturated rings. The van der Waals surface area contributed by atoms with Crippen LogP contribution < -0.4 is 0 Å². The lowest BCUT2D eigenvalue weighted by Crippen LogP contribution is -2.45. The zero-order chi connectivity index (χ0) is 14.9. The summed E-state index contributed by atoms with van der Waals surface area (Å²) in [4.78, 5) is 4.48. The molecule has 0 amide bonds. The van der Waals surface area contributed by atoms with Crippen LogP contribution in [0.3, 0.4) is 0 Å². The second kappa shape index (κ2) is 5.71. The van der Waals surface area contributed by atoms with Crippen molar-refractivity contribution >= 4 is 20.9 Å². The van der Waals surface area contributed by atoms with Gasteiger partial charge in [0.2, 0.25) is 10.0 Å². The first-order chi connectivity index (χ1) is 10.1. The van der Waals surface area contributed by atoms with Crippen molar-refractivity contribution < 1.29 is 13.5 Å². The molecule has 1 aliphatic carbocycles. The maximum atomic E-state index is 13.0. The van der Waals surface area contributed by atoms with Crippen LogP contribution in [-0.4, -0.2) is 42.0 Å².